The molecule has 1 aromatic rings. The van der Waals surface area contributed by atoms with Crippen LogP contribution in [0.25, 0.3) is 0 Å². The molecule has 2 rings (SSSR count). The summed E-state index contributed by atoms with van der Waals surface area (Å²) in [4.78, 5) is 18.5. The van der Waals surface area contributed by atoms with E-state index in [4.69, 9.17) is 4.74 Å². The number of piperidine rings is 1. The normalized spacial score (nSPS) is 18.4. The predicted octanol–water partition coefficient (Wildman–Crippen LogP) is 2.72. The average Bonchev–Trinajstić information content (AvgIpc) is 2.55. The number of unbranched alkanes of at least 4 members (excludes halogenated alkanes) is 1. The lowest BCUT2D eigenvalue weighted by atomic mass is 10.0. The molecule has 0 saturated carbocycles. The van der Waals surface area contributed by atoms with Crippen LogP contribution >= 0.6 is 0 Å². The molecule has 6 nitrogen and oxygen atoms in total. The molecule has 1 aliphatic heterocycles. The molecular formula is C17H28N4O2. The molecular weight excluding hydrogens is 292 g/mol. The maximum Gasteiger partial charge on any atom is 0.319 e. The zero-order valence-corrected chi connectivity index (χ0v) is 14.2. The number of anilines is 1. The molecule has 1 atom stereocenters. The first kappa shape index (κ1) is 17.5. The van der Waals surface area contributed by atoms with Gasteiger partial charge in [-0.05, 0) is 56.8 Å². The lowest BCUT2D eigenvalue weighted by Crippen LogP contribution is -2.35. The summed E-state index contributed by atoms with van der Waals surface area (Å²) in [6.07, 6.45) is 6.40. The van der Waals surface area contributed by atoms with Crippen LogP contribution < -0.4 is 15.4 Å². The summed E-state index contributed by atoms with van der Waals surface area (Å²) in [6, 6.07) is 3.31. The van der Waals surface area contributed by atoms with Crippen LogP contribution in [0.5, 0.6) is 5.88 Å². The highest BCUT2D eigenvalue weighted by Gasteiger charge is 2.15. The van der Waals surface area contributed by atoms with Crippen molar-refractivity contribution < 1.29 is 9.53 Å². The van der Waals surface area contributed by atoms with Gasteiger partial charge in [-0.25, -0.2) is 9.78 Å². The number of pyridine rings is 1. The monoisotopic (exact) mass is 320 g/mol. The number of carbonyl (C=O) groups excluding carboxylic acids is 1. The van der Waals surface area contributed by atoms with Crippen LogP contribution in [-0.4, -0.2) is 49.2 Å². The number of urea groups is 1. The quantitative estimate of drug-likeness (QED) is 0.758. The second kappa shape index (κ2) is 9.35. The van der Waals surface area contributed by atoms with Gasteiger partial charge in [-0.1, -0.05) is 6.92 Å². The topological polar surface area (TPSA) is 66.5 Å². The van der Waals surface area contributed by atoms with Crippen LogP contribution in [0.1, 0.15) is 32.6 Å². The number of carbonyl (C=O) groups is 1. The molecule has 23 heavy (non-hydrogen) atoms. The molecule has 0 aromatic carbocycles. The molecule has 0 radical (unpaired) electrons. The second-order valence-electron chi connectivity index (χ2n) is 6.20. The Morgan fingerprint density at radius 3 is 3.13 bits per heavy atom. The zero-order valence-electron chi connectivity index (χ0n) is 14.2. The maximum absolute atomic E-state index is 11.9. The molecule has 2 amide bonds. The first-order valence-corrected chi connectivity index (χ1v) is 8.45. The van der Waals surface area contributed by atoms with Crippen LogP contribution in [0.3, 0.4) is 0 Å². The molecule has 128 valence electrons. The van der Waals surface area contributed by atoms with Crippen molar-refractivity contribution in [2.24, 2.45) is 5.92 Å². The minimum absolute atomic E-state index is 0.220. The predicted molar refractivity (Wildman–Crippen MR) is 91.9 cm³/mol. The smallest absolute Gasteiger partial charge is 0.319 e. The Kier molecular flexibility index (Phi) is 7.13. The van der Waals surface area contributed by atoms with E-state index in [0.717, 1.165) is 25.3 Å². The summed E-state index contributed by atoms with van der Waals surface area (Å²) in [6.45, 7) is 6.57. The number of hydrogen-bond donors (Lipinski definition) is 2. The van der Waals surface area contributed by atoms with Gasteiger partial charge < -0.3 is 20.3 Å². The Morgan fingerprint density at radius 2 is 2.35 bits per heavy atom. The summed E-state index contributed by atoms with van der Waals surface area (Å²) in [5.41, 5.74) is 0.579. The molecule has 1 fully saturated rings. The van der Waals surface area contributed by atoms with Gasteiger partial charge in [0.25, 0.3) is 0 Å². The van der Waals surface area contributed by atoms with Gasteiger partial charge in [0.2, 0.25) is 5.88 Å². The largest absolute Gasteiger partial charge is 0.480 e. The van der Waals surface area contributed by atoms with Gasteiger partial charge in [-0.3, -0.25) is 0 Å². The van der Waals surface area contributed by atoms with Crippen molar-refractivity contribution in [2.75, 3.05) is 38.6 Å². The summed E-state index contributed by atoms with van der Waals surface area (Å²) in [5.74, 6) is 1.24. The fraction of sp³-hybridized carbons (Fsp3) is 0.647. The van der Waals surface area contributed by atoms with Gasteiger partial charge >= 0.3 is 6.03 Å². The lowest BCUT2D eigenvalue weighted by molar-refractivity contribution is 0.181. The Hall–Kier alpha value is -1.82. The molecule has 2 N–H and O–H groups in total. The van der Waals surface area contributed by atoms with Gasteiger partial charge in [0.05, 0.1) is 7.11 Å². The van der Waals surface area contributed by atoms with E-state index < -0.39 is 0 Å². The molecule has 1 aliphatic rings. The number of methoxy groups -OCH3 is 1. The van der Waals surface area contributed by atoms with Gasteiger partial charge in [-0.2, -0.15) is 0 Å². The molecule has 1 aromatic heterocycles. The van der Waals surface area contributed by atoms with E-state index in [-0.39, 0.29) is 6.03 Å². The van der Waals surface area contributed by atoms with Crippen LogP contribution in [0.4, 0.5) is 10.5 Å². The van der Waals surface area contributed by atoms with Crippen molar-refractivity contribution in [3.63, 3.8) is 0 Å². The highest BCUT2D eigenvalue weighted by atomic mass is 16.5. The Balaban J connectivity index is 1.59. The van der Waals surface area contributed by atoms with E-state index in [9.17, 15) is 4.79 Å². The van der Waals surface area contributed by atoms with E-state index in [2.05, 4.69) is 27.4 Å². The molecule has 2 heterocycles. The average molecular weight is 320 g/mol. The van der Waals surface area contributed by atoms with Gasteiger partial charge in [0.1, 0.15) is 5.69 Å². The van der Waals surface area contributed by atoms with Crippen LogP contribution in [0, 0.1) is 5.92 Å². The minimum atomic E-state index is -0.220. The van der Waals surface area contributed by atoms with E-state index >= 15 is 0 Å². The third-order valence-electron chi connectivity index (χ3n) is 4.14. The first-order valence-electron chi connectivity index (χ1n) is 8.45. The summed E-state index contributed by atoms with van der Waals surface area (Å²) >= 11 is 0. The fourth-order valence-corrected chi connectivity index (χ4v) is 2.97. The summed E-state index contributed by atoms with van der Waals surface area (Å²) in [7, 11) is 1.53. The van der Waals surface area contributed by atoms with E-state index in [0.29, 0.717) is 18.1 Å². The van der Waals surface area contributed by atoms with Gasteiger partial charge in [0, 0.05) is 19.3 Å². The SMILES string of the molecule is COc1ncccc1NC(=O)NCCCCN1CCC[C@@H](C)C1. The Bertz CT molecular complexity index is 495. The van der Waals surface area contributed by atoms with Crippen LogP contribution in [-0.2, 0) is 0 Å². The van der Waals surface area contributed by atoms with Gasteiger partial charge in [-0.15, -0.1) is 0 Å². The van der Waals surface area contributed by atoms with E-state index in [1.165, 1.54) is 33.0 Å². The van der Waals surface area contributed by atoms with Crippen LogP contribution in [0.15, 0.2) is 18.3 Å². The van der Waals surface area contributed by atoms with Crippen molar-refractivity contribution >= 4 is 11.7 Å². The number of nitrogens with zero attached hydrogens (tertiary/aromatic N) is 2. The van der Waals surface area contributed by atoms with Crippen molar-refractivity contribution in [1.29, 1.82) is 0 Å². The van der Waals surface area contributed by atoms with E-state index in [1.54, 1.807) is 18.3 Å². The molecule has 6 heteroatoms. The summed E-state index contributed by atoms with van der Waals surface area (Å²) < 4.78 is 5.11. The molecule has 0 aliphatic carbocycles. The number of aromatic nitrogens is 1. The van der Waals surface area contributed by atoms with Crippen LogP contribution in [0.2, 0.25) is 0 Å². The number of nitrogens with one attached hydrogen (secondary N) is 2. The third kappa shape index (κ3) is 6.06. The first-order chi connectivity index (χ1) is 11.2. The standard InChI is InChI=1S/C17H28N4O2/c1-14-7-6-12-21(13-14)11-4-3-9-19-17(22)20-15-8-5-10-18-16(15)23-2/h5,8,10,14H,3-4,6-7,9,11-13H2,1-2H3,(H2,19,20,22)/t14-/m1/s1. The third-order valence-corrected chi connectivity index (χ3v) is 4.14. The lowest BCUT2D eigenvalue weighted by Gasteiger charge is -2.30. The number of amides is 2. The van der Waals surface area contributed by atoms with Crippen molar-refractivity contribution in [1.82, 2.24) is 15.2 Å². The number of rotatable bonds is 7. The molecule has 0 spiro atoms. The Labute approximate surface area is 138 Å². The number of ether oxygens (including phenoxy) is 1. The van der Waals surface area contributed by atoms with Crippen molar-refractivity contribution in [3.8, 4) is 5.88 Å². The highest BCUT2D eigenvalue weighted by molar-refractivity contribution is 5.90. The van der Waals surface area contributed by atoms with E-state index in [1.807, 2.05) is 0 Å². The van der Waals surface area contributed by atoms with Crippen molar-refractivity contribution in [2.45, 2.75) is 32.6 Å². The minimum Gasteiger partial charge on any atom is -0.480 e. The second-order valence-corrected chi connectivity index (χ2v) is 6.20. The summed E-state index contributed by atoms with van der Waals surface area (Å²) in [5, 5.41) is 5.64. The zero-order chi connectivity index (χ0) is 16.5. The molecule has 1 saturated heterocycles. The molecule has 0 bridgehead atoms. The highest BCUT2D eigenvalue weighted by Crippen LogP contribution is 2.19. The molecule has 0 unspecified atom stereocenters. The Morgan fingerprint density at radius 1 is 1.48 bits per heavy atom. The number of hydrogen-bond acceptors (Lipinski definition) is 4. The van der Waals surface area contributed by atoms with Gasteiger partial charge in [0.15, 0.2) is 0 Å². The van der Waals surface area contributed by atoms with Crippen molar-refractivity contribution in [3.05, 3.63) is 18.3 Å². The maximum atomic E-state index is 11.9. The fourth-order valence-electron chi connectivity index (χ4n) is 2.97. The number of likely N-dealkylation sites (tertiary alicyclic amines) is 1.